The zero-order valence-electron chi connectivity index (χ0n) is 18.9. The van der Waals surface area contributed by atoms with E-state index in [1.54, 1.807) is 30.3 Å². The van der Waals surface area contributed by atoms with Crippen LogP contribution >= 0.6 is 23.1 Å². The monoisotopic (exact) mass is 501 g/mol. The van der Waals surface area contributed by atoms with Gasteiger partial charge in [0.2, 0.25) is 11.8 Å². The summed E-state index contributed by atoms with van der Waals surface area (Å²) in [6, 6.07) is 27.6. The molecular formula is C27H23N3O3S2. The molecule has 3 aromatic carbocycles. The normalized spacial score (nSPS) is 11.3. The number of carbonyl (C=O) groups excluding carboxylic acids is 3. The van der Waals surface area contributed by atoms with Crippen LogP contribution in [0.4, 0.5) is 17.1 Å². The van der Waals surface area contributed by atoms with Crippen molar-refractivity contribution in [3.8, 4) is 0 Å². The lowest BCUT2D eigenvalue weighted by Crippen LogP contribution is -2.19. The van der Waals surface area contributed by atoms with Crippen molar-refractivity contribution >= 4 is 57.9 Å². The molecule has 3 amide bonds. The van der Waals surface area contributed by atoms with Gasteiger partial charge in [0.1, 0.15) is 5.25 Å². The average molecular weight is 502 g/mol. The zero-order valence-corrected chi connectivity index (χ0v) is 20.5. The van der Waals surface area contributed by atoms with Crippen molar-refractivity contribution in [1.82, 2.24) is 0 Å². The first-order valence-corrected chi connectivity index (χ1v) is 12.6. The van der Waals surface area contributed by atoms with Crippen LogP contribution in [0.1, 0.15) is 27.4 Å². The maximum absolute atomic E-state index is 13.3. The Kier molecular flexibility index (Phi) is 7.97. The SMILES string of the molecule is CC(=O)Nc1ccc(NC(=O)C(Sc2cccc(NC(=O)c3cccs3)c2)c2ccccc2)cc1. The molecule has 4 rings (SSSR count). The number of anilines is 3. The van der Waals surface area contributed by atoms with Gasteiger partial charge >= 0.3 is 0 Å². The molecule has 6 nitrogen and oxygen atoms in total. The summed E-state index contributed by atoms with van der Waals surface area (Å²) in [6.45, 7) is 1.44. The molecule has 0 radical (unpaired) electrons. The number of carbonyl (C=O) groups is 3. The summed E-state index contributed by atoms with van der Waals surface area (Å²) in [6.07, 6.45) is 0. The molecule has 0 saturated heterocycles. The molecule has 0 aliphatic heterocycles. The summed E-state index contributed by atoms with van der Waals surface area (Å²) in [5.41, 5.74) is 2.81. The second-order valence-corrected chi connectivity index (χ2v) is 9.74. The predicted molar refractivity (Wildman–Crippen MR) is 143 cm³/mol. The highest BCUT2D eigenvalue weighted by Crippen LogP contribution is 2.37. The van der Waals surface area contributed by atoms with E-state index in [1.807, 2.05) is 66.0 Å². The highest BCUT2D eigenvalue weighted by molar-refractivity contribution is 8.00. The van der Waals surface area contributed by atoms with Crippen molar-refractivity contribution in [2.24, 2.45) is 0 Å². The number of benzene rings is 3. The standard InChI is InChI=1S/C27H23N3O3S2/c1-18(31)28-20-12-14-21(15-13-20)29-27(33)25(19-7-3-2-4-8-19)35-23-10-5-9-22(17-23)30-26(32)24-11-6-16-34-24/h2-17,25H,1H3,(H,28,31)(H,29,33)(H,30,32). The molecule has 0 bridgehead atoms. The fourth-order valence-corrected chi connectivity index (χ4v) is 5.03. The van der Waals surface area contributed by atoms with Gasteiger partial charge in [0.05, 0.1) is 4.88 Å². The van der Waals surface area contributed by atoms with Crippen LogP contribution in [0.25, 0.3) is 0 Å². The highest BCUT2D eigenvalue weighted by Gasteiger charge is 2.22. The second-order valence-electron chi connectivity index (χ2n) is 7.62. The lowest BCUT2D eigenvalue weighted by atomic mass is 10.1. The molecule has 176 valence electrons. The van der Waals surface area contributed by atoms with Crippen molar-refractivity contribution in [3.05, 3.63) is 107 Å². The van der Waals surface area contributed by atoms with E-state index < -0.39 is 5.25 Å². The van der Waals surface area contributed by atoms with Gasteiger partial charge < -0.3 is 16.0 Å². The third-order valence-electron chi connectivity index (χ3n) is 4.90. The molecule has 0 fully saturated rings. The topological polar surface area (TPSA) is 87.3 Å². The Morgan fingerprint density at radius 2 is 1.46 bits per heavy atom. The van der Waals surface area contributed by atoms with Crippen molar-refractivity contribution in [1.29, 1.82) is 0 Å². The number of thiophene rings is 1. The van der Waals surface area contributed by atoms with Gasteiger partial charge in [-0.15, -0.1) is 23.1 Å². The maximum atomic E-state index is 13.3. The number of hydrogen-bond acceptors (Lipinski definition) is 5. The van der Waals surface area contributed by atoms with E-state index in [9.17, 15) is 14.4 Å². The van der Waals surface area contributed by atoms with Gasteiger partial charge in [-0.2, -0.15) is 0 Å². The Bertz CT molecular complexity index is 1310. The third-order valence-corrected chi connectivity index (χ3v) is 7.02. The van der Waals surface area contributed by atoms with Gasteiger partial charge in [-0.1, -0.05) is 42.5 Å². The largest absolute Gasteiger partial charge is 0.326 e. The van der Waals surface area contributed by atoms with E-state index in [-0.39, 0.29) is 17.7 Å². The van der Waals surface area contributed by atoms with Gasteiger partial charge in [0.15, 0.2) is 0 Å². The van der Waals surface area contributed by atoms with Crippen LogP contribution < -0.4 is 16.0 Å². The van der Waals surface area contributed by atoms with Gasteiger partial charge in [0, 0.05) is 28.9 Å². The predicted octanol–water partition coefficient (Wildman–Crippen LogP) is 6.43. The first-order chi connectivity index (χ1) is 17.0. The van der Waals surface area contributed by atoms with E-state index >= 15 is 0 Å². The molecule has 1 aromatic heterocycles. The highest BCUT2D eigenvalue weighted by atomic mass is 32.2. The summed E-state index contributed by atoms with van der Waals surface area (Å²) in [5.74, 6) is -0.500. The van der Waals surface area contributed by atoms with Crippen LogP contribution in [-0.4, -0.2) is 17.7 Å². The lowest BCUT2D eigenvalue weighted by molar-refractivity contribution is -0.116. The first-order valence-electron chi connectivity index (χ1n) is 10.8. The van der Waals surface area contributed by atoms with Gasteiger partial charge in [-0.25, -0.2) is 0 Å². The fourth-order valence-electron chi connectivity index (χ4n) is 3.33. The van der Waals surface area contributed by atoms with Crippen LogP contribution in [0.15, 0.2) is 101 Å². The molecule has 1 unspecified atom stereocenters. The lowest BCUT2D eigenvalue weighted by Gasteiger charge is -2.18. The summed E-state index contributed by atoms with van der Waals surface area (Å²) in [7, 11) is 0. The summed E-state index contributed by atoms with van der Waals surface area (Å²) >= 11 is 2.78. The summed E-state index contributed by atoms with van der Waals surface area (Å²) in [4.78, 5) is 38.5. The smallest absolute Gasteiger partial charge is 0.265 e. The van der Waals surface area contributed by atoms with Crippen LogP contribution in [0.5, 0.6) is 0 Å². The first kappa shape index (κ1) is 24.3. The Hall–Kier alpha value is -3.88. The Balaban J connectivity index is 1.51. The molecular weight excluding hydrogens is 478 g/mol. The minimum absolute atomic E-state index is 0.156. The summed E-state index contributed by atoms with van der Waals surface area (Å²) in [5, 5.41) is 9.93. The van der Waals surface area contributed by atoms with Crippen LogP contribution in [0.2, 0.25) is 0 Å². The number of hydrogen-bond donors (Lipinski definition) is 3. The molecule has 1 heterocycles. The van der Waals surface area contributed by atoms with Crippen molar-refractivity contribution in [3.63, 3.8) is 0 Å². The van der Waals surface area contributed by atoms with Crippen molar-refractivity contribution in [2.45, 2.75) is 17.1 Å². The van der Waals surface area contributed by atoms with Gasteiger partial charge in [-0.05, 0) is 59.5 Å². The molecule has 0 aliphatic rings. The number of rotatable bonds is 8. The Morgan fingerprint density at radius 1 is 0.743 bits per heavy atom. The average Bonchev–Trinajstić information content (AvgIpc) is 3.40. The molecule has 0 aliphatic carbocycles. The molecule has 0 spiro atoms. The minimum Gasteiger partial charge on any atom is -0.326 e. The van der Waals surface area contributed by atoms with Crippen molar-refractivity contribution < 1.29 is 14.4 Å². The molecule has 0 saturated carbocycles. The van der Waals surface area contributed by atoms with E-state index in [0.29, 0.717) is 21.9 Å². The van der Waals surface area contributed by atoms with Crippen LogP contribution in [0.3, 0.4) is 0 Å². The maximum Gasteiger partial charge on any atom is 0.265 e. The second kappa shape index (κ2) is 11.5. The van der Waals surface area contributed by atoms with E-state index in [2.05, 4.69) is 16.0 Å². The van der Waals surface area contributed by atoms with Gasteiger partial charge in [-0.3, -0.25) is 14.4 Å². The molecule has 8 heteroatoms. The third kappa shape index (κ3) is 6.81. The number of thioether (sulfide) groups is 1. The Morgan fingerprint density at radius 3 is 2.11 bits per heavy atom. The number of nitrogens with one attached hydrogen (secondary N) is 3. The zero-order chi connectivity index (χ0) is 24.6. The Labute approximate surface area is 211 Å². The summed E-state index contributed by atoms with van der Waals surface area (Å²) < 4.78 is 0. The van der Waals surface area contributed by atoms with Crippen LogP contribution in [0, 0.1) is 0 Å². The minimum atomic E-state index is -0.519. The van der Waals surface area contributed by atoms with Crippen molar-refractivity contribution in [2.75, 3.05) is 16.0 Å². The van der Waals surface area contributed by atoms with Gasteiger partial charge in [0.25, 0.3) is 5.91 Å². The fraction of sp³-hybridized carbons (Fsp3) is 0.0741. The molecule has 4 aromatic rings. The van der Waals surface area contributed by atoms with E-state index in [0.717, 1.165) is 10.5 Å². The number of amides is 3. The van der Waals surface area contributed by atoms with E-state index in [1.165, 1.54) is 30.0 Å². The molecule has 1 atom stereocenters. The molecule has 3 N–H and O–H groups in total. The molecule has 35 heavy (non-hydrogen) atoms. The quantitative estimate of drug-likeness (QED) is 0.243. The van der Waals surface area contributed by atoms with Crippen LogP contribution in [-0.2, 0) is 9.59 Å². The van der Waals surface area contributed by atoms with E-state index in [4.69, 9.17) is 0 Å².